The number of hydrogen-bond donors (Lipinski definition) is 7. The third-order valence-electron chi connectivity index (χ3n) is 6.15. The number of nitrogens with one attached hydrogen (secondary N) is 4. The lowest BCUT2D eigenvalue weighted by molar-refractivity contribution is -0.142. The van der Waals surface area contributed by atoms with Crippen LogP contribution >= 0.6 is 0 Å². The minimum atomic E-state index is -1.16. The van der Waals surface area contributed by atoms with Crippen molar-refractivity contribution >= 4 is 23.7 Å². The standard InChI is InChI=1S/C27H41N7O5/c1-17(2)12-23(27(38)39)34-26(37)22(14-19-15-30-16-31-19)33-25(36)21(10-6-7-11-28)32-24(35)20(29)13-18-8-4-3-5-9-18/h3-5,8-9,15-17,20-23H,6-7,10-14,28-29H2,1-2H3,(H,30,31)(H,32,35)(H,33,36)(H,34,37)(H,38,39). The summed E-state index contributed by atoms with van der Waals surface area (Å²) < 4.78 is 0. The second-order valence-electron chi connectivity index (χ2n) is 10.0. The van der Waals surface area contributed by atoms with E-state index in [-0.39, 0.29) is 25.2 Å². The topological polar surface area (TPSA) is 205 Å². The molecule has 12 nitrogen and oxygen atoms in total. The number of aromatic nitrogens is 2. The highest BCUT2D eigenvalue weighted by atomic mass is 16.4. The van der Waals surface area contributed by atoms with Crippen molar-refractivity contribution in [1.29, 1.82) is 0 Å². The van der Waals surface area contributed by atoms with Crippen molar-refractivity contribution < 1.29 is 24.3 Å². The third-order valence-corrected chi connectivity index (χ3v) is 6.15. The van der Waals surface area contributed by atoms with E-state index in [1.54, 1.807) is 0 Å². The molecule has 2 aromatic rings. The van der Waals surface area contributed by atoms with E-state index in [9.17, 15) is 24.3 Å². The summed E-state index contributed by atoms with van der Waals surface area (Å²) in [5.41, 5.74) is 13.2. The molecule has 12 heteroatoms. The Morgan fingerprint density at radius 1 is 0.923 bits per heavy atom. The van der Waals surface area contributed by atoms with Crippen LogP contribution in [0.1, 0.15) is 50.8 Å². The maximum absolute atomic E-state index is 13.4. The predicted molar refractivity (Wildman–Crippen MR) is 146 cm³/mol. The molecule has 0 bridgehead atoms. The fourth-order valence-corrected chi connectivity index (χ4v) is 4.06. The maximum atomic E-state index is 13.4. The summed E-state index contributed by atoms with van der Waals surface area (Å²) in [5, 5.41) is 17.5. The minimum Gasteiger partial charge on any atom is -0.480 e. The van der Waals surface area contributed by atoms with E-state index in [1.165, 1.54) is 12.5 Å². The summed E-state index contributed by atoms with van der Waals surface area (Å²) in [4.78, 5) is 58.0. The monoisotopic (exact) mass is 543 g/mol. The zero-order chi connectivity index (χ0) is 28.8. The van der Waals surface area contributed by atoms with Crippen LogP contribution < -0.4 is 27.4 Å². The fraction of sp³-hybridized carbons (Fsp3) is 0.519. The van der Waals surface area contributed by atoms with Crippen molar-refractivity contribution in [3.8, 4) is 0 Å². The molecule has 0 radical (unpaired) electrons. The number of aliphatic carboxylic acids is 1. The van der Waals surface area contributed by atoms with Gasteiger partial charge in [-0.1, -0.05) is 44.2 Å². The zero-order valence-electron chi connectivity index (χ0n) is 22.6. The van der Waals surface area contributed by atoms with Gasteiger partial charge in [-0.2, -0.15) is 0 Å². The predicted octanol–water partition coefficient (Wildman–Crippen LogP) is 0.236. The number of carboxylic acids is 1. The number of aromatic amines is 1. The molecule has 39 heavy (non-hydrogen) atoms. The molecule has 2 rings (SSSR count). The van der Waals surface area contributed by atoms with Crippen LogP contribution in [0, 0.1) is 5.92 Å². The van der Waals surface area contributed by atoms with Crippen LogP contribution in [0.15, 0.2) is 42.9 Å². The van der Waals surface area contributed by atoms with Gasteiger partial charge in [-0.25, -0.2) is 9.78 Å². The van der Waals surface area contributed by atoms with Crippen molar-refractivity contribution in [3.63, 3.8) is 0 Å². The summed E-state index contributed by atoms with van der Waals surface area (Å²) >= 11 is 0. The number of amides is 3. The van der Waals surface area contributed by atoms with E-state index in [0.29, 0.717) is 31.5 Å². The summed E-state index contributed by atoms with van der Waals surface area (Å²) in [7, 11) is 0. The normalized spacial score (nSPS) is 14.2. The lowest BCUT2D eigenvalue weighted by Gasteiger charge is -2.25. The number of benzene rings is 1. The number of nitrogens with two attached hydrogens (primary N) is 2. The highest BCUT2D eigenvalue weighted by molar-refractivity contribution is 5.94. The quantitative estimate of drug-likeness (QED) is 0.137. The Hall–Kier alpha value is -3.77. The van der Waals surface area contributed by atoms with Crippen molar-refractivity contribution in [2.45, 2.75) is 76.5 Å². The van der Waals surface area contributed by atoms with Crippen LogP contribution in [0.3, 0.4) is 0 Å². The smallest absolute Gasteiger partial charge is 0.326 e. The first-order valence-corrected chi connectivity index (χ1v) is 13.2. The van der Waals surface area contributed by atoms with E-state index in [4.69, 9.17) is 11.5 Å². The molecule has 9 N–H and O–H groups in total. The van der Waals surface area contributed by atoms with Gasteiger partial charge in [0, 0.05) is 18.3 Å². The maximum Gasteiger partial charge on any atom is 0.326 e. The third kappa shape index (κ3) is 11.2. The van der Waals surface area contributed by atoms with Crippen LogP contribution in [0.2, 0.25) is 0 Å². The summed E-state index contributed by atoms with van der Waals surface area (Å²) in [6.07, 6.45) is 5.01. The Bertz CT molecular complexity index is 1050. The van der Waals surface area contributed by atoms with E-state index < -0.39 is 47.9 Å². The average molecular weight is 544 g/mol. The molecule has 0 spiro atoms. The highest BCUT2D eigenvalue weighted by Crippen LogP contribution is 2.09. The first-order valence-electron chi connectivity index (χ1n) is 13.2. The Labute approximate surface area is 228 Å². The van der Waals surface area contributed by atoms with E-state index in [0.717, 1.165) is 5.56 Å². The number of nitrogens with zero attached hydrogens (tertiary/aromatic N) is 1. The fourth-order valence-electron chi connectivity index (χ4n) is 4.06. The molecule has 0 saturated heterocycles. The SMILES string of the molecule is CC(C)CC(NC(=O)C(Cc1cnc[nH]1)NC(=O)C(CCCCN)NC(=O)C(N)Cc1ccccc1)C(=O)O. The Morgan fingerprint density at radius 3 is 2.15 bits per heavy atom. The largest absolute Gasteiger partial charge is 0.480 e. The molecule has 3 amide bonds. The van der Waals surface area contributed by atoms with Crippen LogP contribution in [0.4, 0.5) is 0 Å². The van der Waals surface area contributed by atoms with Gasteiger partial charge >= 0.3 is 5.97 Å². The van der Waals surface area contributed by atoms with Gasteiger partial charge in [0.05, 0.1) is 12.4 Å². The summed E-state index contributed by atoms with van der Waals surface area (Å²) in [5.74, 6) is -2.87. The summed E-state index contributed by atoms with van der Waals surface area (Å²) in [6, 6.07) is 5.22. The highest BCUT2D eigenvalue weighted by Gasteiger charge is 2.31. The lowest BCUT2D eigenvalue weighted by atomic mass is 10.0. The van der Waals surface area contributed by atoms with Crippen LogP contribution in [0.5, 0.6) is 0 Å². The molecule has 0 fully saturated rings. The number of unbranched alkanes of at least 4 members (excludes halogenated alkanes) is 1. The Kier molecular flexibility index (Phi) is 13.1. The van der Waals surface area contributed by atoms with Crippen molar-refractivity contribution in [1.82, 2.24) is 25.9 Å². The van der Waals surface area contributed by atoms with Gasteiger partial charge in [-0.15, -0.1) is 0 Å². The van der Waals surface area contributed by atoms with Gasteiger partial charge in [0.25, 0.3) is 0 Å². The van der Waals surface area contributed by atoms with Crippen LogP contribution in [0.25, 0.3) is 0 Å². The number of imidazole rings is 1. The first kappa shape index (κ1) is 31.4. The molecule has 214 valence electrons. The van der Waals surface area contributed by atoms with Crippen molar-refractivity contribution in [2.24, 2.45) is 17.4 Å². The van der Waals surface area contributed by atoms with Gasteiger partial charge in [0.15, 0.2) is 0 Å². The summed E-state index contributed by atoms with van der Waals surface area (Å²) in [6.45, 7) is 4.12. The molecule has 4 atom stereocenters. The van der Waals surface area contributed by atoms with Crippen LogP contribution in [-0.4, -0.2) is 69.5 Å². The van der Waals surface area contributed by atoms with Crippen molar-refractivity contribution in [3.05, 3.63) is 54.1 Å². The first-order chi connectivity index (χ1) is 18.6. The van der Waals surface area contributed by atoms with Crippen LogP contribution in [-0.2, 0) is 32.0 Å². The minimum absolute atomic E-state index is 0.0225. The second-order valence-corrected chi connectivity index (χ2v) is 10.0. The second kappa shape index (κ2) is 16.2. The number of H-pyrrole nitrogens is 1. The number of rotatable bonds is 17. The van der Waals surface area contributed by atoms with Gasteiger partial charge < -0.3 is 37.5 Å². The average Bonchev–Trinajstić information content (AvgIpc) is 3.40. The number of hydrogen-bond acceptors (Lipinski definition) is 7. The Balaban J connectivity index is 2.16. The molecule has 4 unspecified atom stereocenters. The molecular formula is C27H41N7O5. The van der Waals surface area contributed by atoms with Gasteiger partial charge in [0.1, 0.15) is 18.1 Å². The molecular weight excluding hydrogens is 502 g/mol. The Morgan fingerprint density at radius 2 is 1.56 bits per heavy atom. The van der Waals surface area contributed by atoms with Gasteiger partial charge in [0.2, 0.25) is 17.7 Å². The molecule has 0 saturated carbocycles. The molecule has 0 aliphatic heterocycles. The number of carboxylic acid groups (broad SMARTS) is 1. The van der Waals surface area contributed by atoms with Gasteiger partial charge in [-0.3, -0.25) is 14.4 Å². The molecule has 1 aromatic carbocycles. The van der Waals surface area contributed by atoms with E-state index in [2.05, 4.69) is 25.9 Å². The zero-order valence-corrected chi connectivity index (χ0v) is 22.6. The lowest BCUT2D eigenvalue weighted by Crippen LogP contribution is -2.57. The van der Waals surface area contributed by atoms with E-state index >= 15 is 0 Å². The molecule has 0 aliphatic carbocycles. The van der Waals surface area contributed by atoms with Crippen molar-refractivity contribution in [2.75, 3.05) is 6.54 Å². The number of carbonyl (C=O) groups excluding carboxylic acids is 3. The molecule has 0 aliphatic rings. The molecule has 1 heterocycles. The number of carbonyl (C=O) groups is 4. The molecule has 1 aromatic heterocycles. The van der Waals surface area contributed by atoms with E-state index in [1.807, 2.05) is 44.2 Å². The van der Waals surface area contributed by atoms with Gasteiger partial charge in [-0.05, 0) is 50.1 Å².